The third-order valence-electron chi connectivity index (χ3n) is 2.49. The summed E-state index contributed by atoms with van der Waals surface area (Å²) >= 11 is 0. The Labute approximate surface area is 93.2 Å². The molecule has 3 nitrogen and oxygen atoms in total. The quantitative estimate of drug-likeness (QED) is 0.751. The van der Waals surface area contributed by atoms with Crippen LogP contribution in [0.1, 0.15) is 40.0 Å². The topological polar surface area (TPSA) is 32.3 Å². The Kier molecular flexibility index (Phi) is 4.14. The van der Waals surface area contributed by atoms with Gasteiger partial charge in [0.2, 0.25) is 5.91 Å². The zero-order valence-corrected chi connectivity index (χ0v) is 10.5. The lowest BCUT2D eigenvalue weighted by Crippen LogP contribution is -2.36. The molecule has 0 aromatic heterocycles. The Hall–Kier alpha value is -0.570. The standard InChI is InChI=1S/C12H24N2O/c1-12(2,3)9-14(4)11(15)7-8-13-10-5-6-10/h10,13H,5-9H2,1-4H3. The predicted octanol–water partition coefficient (Wildman–Crippen LogP) is 1.63. The summed E-state index contributed by atoms with van der Waals surface area (Å²) in [6.45, 7) is 8.12. The fourth-order valence-electron chi connectivity index (χ4n) is 1.66. The van der Waals surface area contributed by atoms with Crippen LogP contribution in [0.4, 0.5) is 0 Å². The van der Waals surface area contributed by atoms with Crippen molar-refractivity contribution in [3.8, 4) is 0 Å². The maximum Gasteiger partial charge on any atom is 0.223 e. The Bertz CT molecular complexity index is 216. The summed E-state index contributed by atoms with van der Waals surface area (Å²) in [6, 6.07) is 0.700. The Morgan fingerprint density at radius 3 is 2.47 bits per heavy atom. The second-order valence-electron chi connectivity index (χ2n) is 5.79. The number of hydrogen-bond donors (Lipinski definition) is 1. The average Bonchev–Trinajstić information content (AvgIpc) is 2.84. The van der Waals surface area contributed by atoms with Crippen LogP contribution in [0.2, 0.25) is 0 Å². The van der Waals surface area contributed by atoms with E-state index < -0.39 is 0 Å². The first kappa shape index (κ1) is 12.5. The highest BCUT2D eigenvalue weighted by atomic mass is 16.2. The molecule has 3 heteroatoms. The van der Waals surface area contributed by atoms with E-state index in [1.54, 1.807) is 0 Å². The maximum absolute atomic E-state index is 11.7. The van der Waals surface area contributed by atoms with Gasteiger partial charge in [0, 0.05) is 32.6 Å². The van der Waals surface area contributed by atoms with Gasteiger partial charge in [-0.05, 0) is 18.3 Å². The molecule has 1 amide bonds. The number of hydrogen-bond acceptors (Lipinski definition) is 2. The maximum atomic E-state index is 11.7. The fraction of sp³-hybridized carbons (Fsp3) is 0.917. The smallest absolute Gasteiger partial charge is 0.223 e. The molecule has 1 N–H and O–H groups in total. The molecule has 1 fully saturated rings. The molecule has 0 atom stereocenters. The first-order valence-corrected chi connectivity index (χ1v) is 5.86. The summed E-state index contributed by atoms with van der Waals surface area (Å²) in [5, 5.41) is 3.36. The highest BCUT2D eigenvalue weighted by Crippen LogP contribution is 2.18. The monoisotopic (exact) mass is 212 g/mol. The number of amides is 1. The van der Waals surface area contributed by atoms with Crippen LogP contribution in [0.5, 0.6) is 0 Å². The zero-order valence-electron chi connectivity index (χ0n) is 10.5. The summed E-state index contributed by atoms with van der Waals surface area (Å²) in [5.41, 5.74) is 0.189. The normalized spacial score (nSPS) is 16.5. The summed E-state index contributed by atoms with van der Waals surface area (Å²) in [6.07, 6.45) is 3.20. The van der Waals surface area contributed by atoms with Gasteiger partial charge in [-0.15, -0.1) is 0 Å². The molecule has 0 spiro atoms. The molecule has 0 bridgehead atoms. The van der Waals surface area contributed by atoms with Gasteiger partial charge < -0.3 is 10.2 Å². The van der Waals surface area contributed by atoms with Crippen molar-refractivity contribution in [1.29, 1.82) is 0 Å². The lowest BCUT2D eigenvalue weighted by atomic mass is 9.96. The highest BCUT2D eigenvalue weighted by Gasteiger charge is 2.21. The van der Waals surface area contributed by atoms with Crippen LogP contribution in [0.25, 0.3) is 0 Å². The van der Waals surface area contributed by atoms with E-state index in [1.165, 1.54) is 12.8 Å². The van der Waals surface area contributed by atoms with Crippen molar-refractivity contribution in [2.75, 3.05) is 20.1 Å². The van der Waals surface area contributed by atoms with Crippen molar-refractivity contribution >= 4 is 5.91 Å². The molecule has 0 aromatic carbocycles. The first-order chi connectivity index (χ1) is 6.88. The molecule has 0 saturated heterocycles. The van der Waals surface area contributed by atoms with Crippen LogP contribution in [-0.2, 0) is 4.79 Å². The Balaban J connectivity index is 2.13. The van der Waals surface area contributed by atoms with Gasteiger partial charge in [0.05, 0.1) is 0 Å². The SMILES string of the molecule is CN(CC(C)(C)C)C(=O)CCNC1CC1. The minimum absolute atomic E-state index is 0.189. The van der Waals surface area contributed by atoms with Crippen LogP contribution in [0.15, 0.2) is 0 Å². The minimum atomic E-state index is 0.189. The molecule has 0 aliphatic heterocycles. The summed E-state index contributed by atoms with van der Waals surface area (Å²) in [7, 11) is 1.89. The van der Waals surface area contributed by atoms with E-state index in [-0.39, 0.29) is 11.3 Å². The van der Waals surface area contributed by atoms with Gasteiger partial charge in [0.15, 0.2) is 0 Å². The van der Waals surface area contributed by atoms with Crippen LogP contribution < -0.4 is 5.32 Å². The summed E-state index contributed by atoms with van der Waals surface area (Å²) in [5.74, 6) is 0.248. The first-order valence-electron chi connectivity index (χ1n) is 5.86. The Morgan fingerprint density at radius 2 is 2.00 bits per heavy atom. The van der Waals surface area contributed by atoms with Crippen molar-refractivity contribution in [2.45, 2.75) is 46.1 Å². The molecule has 0 heterocycles. The summed E-state index contributed by atoms with van der Waals surface area (Å²) < 4.78 is 0. The third-order valence-corrected chi connectivity index (χ3v) is 2.49. The van der Waals surface area contributed by atoms with Crippen molar-refractivity contribution < 1.29 is 4.79 Å². The molecule has 0 radical (unpaired) electrons. The molecule has 1 aliphatic rings. The van der Waals surface area contributed by atoms with Crippen molar-refractivity contribution in [2.24, 2.45) is 5.41 Å². The molecule has 88 valence electrons. The van der Waals surface area contributed by atoms with Gasteiger partial charge in [0.25, 0.3) is 0 Å². The number of nitrogens with one attached hydrogen (secondary N) is 1. The minimum Gasteiger partial charge on any atom is -0.345 e. The molecule has 0 aromatic rings. The van der Waals surface area contributed by atoms with E-state index in [0.717, 1.165) is 13.1 Å². The van der Waals surface area contributed by atoms with Crippen LogP contribution >= 0.6 is 0 Å². The van der Waals surface area contributed by atoms with Gasteiger partial charge in [-0.25, -0.2) is 0 Å². The van der Waals surface area contributed by atoms with Gasteiger partial charge in [-0.1, -0.05) is 20.8 Å². The predicted molar refractivity (Wildman–Crippen MR) is 62.7 cm³/mol. The van der Waals surface area contributed by atoms with Crippen LogP contribution in [-0.4, -0.2) is 37.0 Å². The number of rotatable bonds is 5. The largest absolute Gasteiger partial charge is 0.345 e. The highest BCUT2D eigenvalue weighted by molar-refractivity contribution is 5.76. The molecular weight excluding hydrogens is 188 g/mol. The number of carbonyl (C=O) groups is 1. The second-order valence-corrected chi connectivity index (χ2v) is 5.79. The second kappa shape index (κ2) is 4.97. The molecule has 1 aliphatic carbocycles. The van der Waals surface area contributed by atoms with Crippen molar-refractivity contribution in [1.82, 2.24) is 10.2 Å². The average molecular weight is 212 g/mol. The van der Waals surface area contributed by atoms with E-state index in [1.807, 2.05) is 11.9 Å². The van der Waals surface area contributed by atoms with Gasteiger partial charge in [-0.2, -0.15) is 0 Å². The van der Waals surface area contributed by atoms with Crippen LogP contribution in [0, 0.1) is 5.41 Å². The third kappa shape index (κ3) is 5.78. The van der Waals surface area contributed by atoms with E-state index in [4.69, 9.17) is 0 Å². The van der Waals surface area contributed by atoms with Crippen LogP contribution in [0.3, 0.4) is 0 Å². The van der Waals surface area contributed by atoms with E-state index in [2.05, 4.69) is 26.1 Å². The van der Waals surface area contributed by atoms with Gasteiger partial charge in [-0.3, -0.25) is 4.79 Å². The zero-order chi connectivity index (χ0) is 11.5. The van der Waals surface area contributed by atoms with Gasteiger partial charge in [0.1, 0.15) is 0 Å². The molecule has 15 heavy (non-hydrogen) atoms. The lowest BCUT2D eigenvalue weighted by molar-refractivity contribution is -0.130. The van der Waals surface area contributed by atoms with E-state index >= 15 is 0 Å². The van der Waals surface area contributed by atoms with E-state index in [0.29, 0.717) is 12.5 Å². The molecule has 1 saturated carbocycles. The van der Waals surface area contributed by atoms with Gasteiger partial charge >= 0.3 is 0 Å². The fourth-order valence-corrected chi connectivity index (χ4v) is 1.66. The molecule has 0 unspecified atom stereocenters. The Morgan fingerprint density at radius 1 is 1.40 bits per heavy atom. The lowest BCUT2D eigenvalue weighted by Gasteiger charge is -2.26. The van der Waals surface area contributed by atoms with E-state index in [9.17, 15) is 4.79 Å². The van der Waals surface area contributed by atoms with Crippen molar-refractivity contribution in [3.63, 3.8) is 0 Å². The molecule has 1 rings (SSSR count). The summed E-state index contributed by atoms with van der Waals surface area (Å²) in [4.78, 5) is 13.6. The van der Waals surface area contributed by atoms with Crippen molar-refractivity contribution in [3.05, 3.63) is 0 Å². The number of carbonyl (C=O) groups excluding carboxylic acids is 1. The molecular formula is C12H24N2O. The number of nitrogens with zero attached hydrogens (tertiary/aromatic N) is 1.